The van der Waals surface area contributed by atoms with Crippen LogP contribution in [0, 0.1) is 12.8 Å². The number of benzene rings is 1. The molecule has 0 aliphatic carbocycles. The van der Waals surface area contributed by atoms with Crippen LogP contribution in [0.25, 0.3) is 0 Å². The zero-order valence-electron chi connectivity index (χ0n) is 17.5. The number of amides is 3. The number of nitrogens with zero attached hydrogens (tertiary/aromatic N) is 3. The quantitative estimate of drug-likeness (QED) is 0.839. The lowest BCUT2D eigenvalue weighted by molar-refractivity contribution is -0.136. The van der Waals surface area contributed by atoms with E-state index in [1.807, 2.05) is 30.9 Å². The van der Waals surface area contributed by atoms with Crippen molar-refractivity contribution in [2.75, 3.05) is 49.5 Å². The van der Waals surface area contributed by atoms with Gasteiger partial charge < -0.3 is 20.0 Å². The van der Waals surface area contributed by atoms with Gasteiger partial charge in [0.2, 0.25) is 5.91 Å². The maximum Gasteiger partial charge on any atom is 0.321 e. The van der Waals surface area contributed by atoms with Gasteiger partial charge in [-0.3, -0.25) is 4.79 Å². The lowest BCUT2D eigenvalue weighted by atomic mass is 9.96. The molecule has 3 amide bonds. The minimum Gasteiger partial charge on any atom is -0.371 e. The van der Waals surface area contributed by atoms with Gasteiger partial charge in [0.05, 0.1) is 5.92 Å². The Morgan fingerprint density at radius 3 is 2.50 bits per heavy atom. The Balaban J connectivity index is 1.66. The SMILES string of the molecule is CCN(CC)C(=O)C1CCCN(C(=O)Nc2cccc(N3CCCC3)c2C)C1. The van der Waals surface area contributed by atoms with E-state index in [0.29, 0.717) is 13.1 Å². The molecule has 0 saturated carbocycles. The predicted octanol–water partition coefficient (Wildman–Crippen LogP) is 3.71. The van der Waals surface area contributed by atoms with Gasteiger partial charge in [-0.05, 0) is 64.2 Å². The number of piperidine rings is 1. The van der Waals surface area contributed by atoms with E-state index in [4.69, 9.17) is 0 Å². The number of carbonyl (C=O) groups excluding carboxylic acids is 2. The van der Waals surface area contributed by atoms with Crippen molar-refractivity contribution in [2.45, 2.75) is 46.5 Å². The summed E-state index contributed by atoms with van der Waals surface area (Å²) in [6.07, 6.45) is 4.19. The highest BCUT2D eigenvalue weighted by atomic mass is 16.2. The van der Waals surface area contributed by atoms with E-state index in [1.54, 1.807) is 4.90 Å². The molecule has 2 saturated heterocycles. The normalized spacial score (nSPS) is 19.6. The zero-order chi connectivity index (χ0) is 20.1. The smallest absolute Gasteiger partial charge is 0.321 e. The van der Waals surface area contributed by atoms with Crippen LogP contribution in [0.5, 0.6) is 0 Å². The molecular weight excluding hydrogens is 352 g/mol. The lowest BCUT2D eigenvalue weighted by Crippen LogP contribution is -2.48. The van der Waals surface area contributed by atoms with Gasteiger partial charge in [0, 0.05) is 50.6 Å². The highest BCUT2D eigenvalue weighted by molar-refractivity contribution is 5.92. The minimum atomic E-state index is -0.0984. The second-order valence-corrected chi connectivity index (χ2v) is 7.87. The molecule has 2 aliphatic rings. The number of hydrogen-bond acceptors (Lipinski definition) is 3. The Hall–Kier alpha value is -2.24. The highest BCUT2D eigenvalue weighted by Gasteiger charge is 2.30. The van der Waals surface area contributed by atoms with Crippen LogP contribution >= 0.6 is 0 Å². The first kappa shape index (κ1) is 20.5. The number of carbonyl (C=O) groups is 2. The Morgan fingerprint density at radius 2 is 1.82 bits per heavy atom. The lowest BCUT2D eigenvalue weighted by Gasteiger charge is -2.34. The van der Waals surface area contributed by atoms with Crippen LogP contribution < -0.4 is 10.2 Å². The van der Waals surface area contributed by atoms with Crippen molar-refractivity contribution in [1.29, 1.82) is 0 Å². The number of nitrogens with one attached hydrogen (secondary N) is 1. The number of likely N-dealkylation sites (tertiary alicyclic amines) is 1. The molecule has 2 fully saturated rings. The van der Waals surface area contributed by atoms with Crippen molar-refractivity contribution < 1.29 is 9.59 Å². The van der Waals surface area contributed by atoms with Crippen molar-refractivity contribution in [1.82, 2.24) is 9.80 Å². The van der Waals surface area contributed by atoms with E-state index in [2.05, 4.69) is 23.2 Å². The minimum absolute atomic E-state index is 0.0866. The number of hydrogen-bond donors (Lipinski definition) is 1. The molecule has 0 aromatic heterocycles. The summed E-state index contributed by atoms with van der Waals surface area (Å²) < 4.78 is 0. The second-order valence-electron chi connectivity index (χ2n) is 7.87. The molecule has 3 rings (SSSR count). The average molecular weight is 387 g/mol. The van der Waals surface area contributed by atoms with Gasteiger partial charge in [0.1, 0.15) is 0 Å². The summed E-state index contributed by atoms with van der Waals surface area (Å²) in [6.45, 7) is 10.9. The van der Waals surface area contributed by atoms with Crippen molar-refractivity contribution in [3.63, 3.8) is 0 Å². The molecule has 154 valence electrons. The third-order valence-corrected chi connectivity index (χ3v) is 6.13. The summed E-state index contributed by atoms with van der Waals surface area (Å²) in [5, 5.41) is 3.10. The molecule has 6 nitrogen and oxygen atoms in total. The van der Waals surface area contributed by atoms with Crippen LogP contribution in [0.4, 0.5) is 16.2 Å². The fraction of sp³-hybridized carbons (Fsp3) is 0.636. The topological polar surface area (TPSA) is 55.9 Å². The van der Waals surface area contributed by atoms with Gasteiger partial charge >= 0.3 is 6.03 Å². The fourth-order valence-electron chi connectivity index (χ4n) is 4.41. The average Bonchev–Trinajstić information content (AvgIpc) is 3.25. The Bertz CT molecular complexity index is 696. The van der Waals surface area contributed by atoms with Gasteiger partial charge in [-0.25, -0.2) is 4.79 Å². The van der Waals surface area contributed by atoms with Crippen LogP contribution in [0.1, 0.15) is 45.1 Å². The van der Waals surface area contributed by atoms with E-state index < -0.39 is 0 Å². The Kier molecular flexibility index (Phi) is 6.81. The molecule has 0 spiro atoms. The van der Waals surface area contributed by atoms with E-state index >= 15 is 0 Å². The third-order valence-electron chi connectivity index (χ3n) is 6.13. The predicted molar refractivity (Wildman–Crippen MR) is 114 cm³/mol. The molecule has 0 radical (unpaired) electrons. The fourth-order valence-corrected chi connectivity index (χ4v) is 4.41. The zero-order valence-corrected chi connectivity index (χ0v) is 17.5. The Morgan fingerprint density at radius 1 is 1.11 bits per heavy atom. The molecule has 1 aromatic carbocycles. The summed E-state index contributed by atoms with van der Waals surface area (Å²) in [5.74, 6) is 0.0890. The van der Waals surface area contributed by atoms with Crippen LogP contribution in [-0.2, 0) is 4.79 Å². The summed E-state index contributed by atoms with van der Waals surface area (Å²) in [5.41, 5.74) is 3.20. The largest absolute Gasteiger partial charge is 0.371 e. The van der Waals surface area contributed by atoms with Gasteiger partial charge in [-0.2, -0.15) is 0 Å². The third kappa shape index (κ3) is 4.42. The number of anilines is 2. The summed E-state index contributed by atoms with van der Waals surface area (Å²) >= 11 is 0. The molecule has 2 aliphatic heterocycles. The van der Waals surface area contributed by atoms with E-state index in [-0.39, 0.29) is 17.9 Å². The van der Waals surface area contributed by atoms with E-state index in [9.17, 15) is 9.59 Å². The van der Waals surface area contributed by atoms with Crippen LogP contribution in [0.15, 0.2) is 18.2 Å². The van der Waals surface area contributed by atoms with Crippen molar-refractivity contribution in [2.24, 2.45) is 5.92 Å². The van der Waals surface area contributed by atoms with Gasteiger partial charge in [-0.1, -0.05) is 6.07 Å². The molecule has 6 heteroatoms. The van der Waals surface area contributed by atoms with Gasteiger partial charge in [0.15, 0.2) is 0 Å². The number of rotatable bonds is 5. The first-order valence-corrected chi connectivity index (χ1v) is 10.7. The molecular formula is C22H34N4O2. The molecule has 2 heterocycles. The summed E-state index contributed by atoms with van der Waals surface area (Å²) in [6, 6.07) is 6.02. The molecule has 1 aromatic rings. The van der Waals surface area contributed by atoms with Crippen LogP contribution in [0.2, 0.25) is 0 Å². The van der Waals surface area contributed by atoms with Crippen molar-refractivity contribution in [3.8, 4) is 0 Å². The van der Waals surface area contributed by atoms with Gasteiger partial charge in [0.25, 0.3) is 0 Å². The first-order chi connectivity index (χ1) is 13.5. The summed E-state index contributed by atoms with van der Waals surface area (Å²) in [4.78, 5) is 31.7. The monoisotopic (exact) mass is 386 g/mol. The first-order valence-electron chi connectivity index (χ1n) is 10.7. The second kappa shape index (κ2) is 9.30. The Labute approximate surface area is 168 Å². The highest BCUT2D eigenvalue weighted by Crippen LogP contribution is 2.30. The maximum atomic E-state index is 12.9. The van der Waals surface area contributed by atoms with E-state index in [0.717, 1.165) is 50.3 Å². The molecule has 28 heavy (non-hydrogen) atoms. The van der Waals surface area contributed by atoms with E-state index in [1.165, 1.54) is 18.5 Å². The molecule has 1 unspecified atom stereocenters. The van der Waals surface area contributed by atoms with Crippen molar-refractivity contribution in [3.05, 3.63) is 23.8 Å². The van der Waals surface area contributed by atoms with Gasteiger partial charge in [-0.15, -0.1) is 0 Å². The van der Waals surface area contributed by atoms with Crippen molar-refractivity contribution >= 4 is 23.3 Å². The molecule has 1 atom stereocenters. The number of urea groups is 1. The molecule has 1 N–H and O–H groups in total. The molecule has 0 bridgehead atoms. The van der Waals surface area contributed by atoms with Crippen LogP contribution in [-0.4, -0.2) is 61.0 Å². The standard InChI is InChI=1S/C22H34N4O2/c1-4-24(5-2)21(27)18-10-9-15-26(16-18)22(28)23-19-11-8-12-20(17(19)3)25-13-6-7-14-25/h8,11-12,18H,4-7,9-10,13-16H2,1-3H3,(H,23,28). The maximum absolute atomic E-state index is 12.9. The van der Waals surface area contributed by atoms with Crippen LogP contribution in [0.3, 0.4) is 0 Å². The summed E-state index contributed by atoms with van der Waals surface area (Å²) in [7, 11) is 0.